The lowest BCUT2D eigenvalue weighted by Crippen LogP contribution is -2.31. The van der Waals surface area contributed by atoms with E-state index in [4.69, 9.17) is 0 Å². The number of aromatic nitrogens is 1. The van der Waals surface area contributed by atoms with Crippen LogP contribution in [0.15, 0.2) is 91.0 Å². The highest BCUT2D eigenvalue weighted by molar-refractivity contribution is 6.08. The van der Waals surface area contributed by atoms with Crippen molar-refractivity contribution in [2.24, 2.45) is 7.05 Å². The molecule has 2 unspecified atom stereocenters. The normalized spacial score (nSPS) is 13.7. The maximum atomic E-state index is 2.52. The van der Waals surface area contributed by atoms with E-state index in [0.29, 0.717) is 5.92 Å². The van der Waals surface area contributed by atoms with E-state index in [1.165, 1.54) is 49.6 Å². The third-order valence-electron chi connectivity index (χ3n) is 8.40. The minimum Gasteiger partial charge on any atom is -0.344 e. The van der Waals surface area contributed by atoms with Gasteiger partial charge in [-0.3, -0.25) is 0 Å². The second-order valence-electron chi connectivity index (χ2n) is 10.2. The largest absolute Gasteiger partial charge is 0.344 e. The van der Waals surface area contributed by atoms with Crippen molar-refractivity contribution in [2.45, 2.75) is 72.1 Å². The molecule has 4 aromatic carbocycles. The monoisotopic (exact) mass is 489 g/mol. The zero-order valence-corrected chi connectivity index (χ0v) is 23.8. The molecule has 0 aliphatic rings. The van der Waals surface area contributed by atoms with Gasteiger partial charge in [0.05, 0.1) is 0 Å². The van der Waals surface area contributed by atoms with Crippen LogP contribution >= 0.6 is 0 Å². The lowest BCUT2D eigenvalue weighted by atomic mass is 9.66. The first-order valence-corrected chi connectivity index (χ1v) is 14.1. The Balaban J connectivity index is 0.00000156. The summed E-state index contributed by atoms with van der Waals surface area (Å²) in [5.41, 5.74) is 9.76. The number of benzene rings is 4. The molecule has 1 heterocycles. The van der Waals surface area contributed by atoms with Crippen molar-refractivity contribution in [3.05, 3.63) is 119 Å². The summed E-state index contributed by atoms with van der Waals surface area (Å²) in [4.78, 5) is 0. The highest BCUT2D eigenvalue weighted by Crippen LogP contribution is 2.43. The lowest BCUT2D eigenvalue weighted by molar-refractivity contribution is 0.486. The molecule has 1 aromatic heterocycles. The van der Waals surface area contributed by atoms with Gasteiger partial charge in [-0.05, 0) is 78.1 Å². The van der Waals surface area contributed by atoms with Gasteiger partial charge in [0.1, 0.15) is 0 Å². The SMILES string of the molecule is CC.CCC(C)c1cc2c(cc1CC(CC)(c1ccccc1)c1ccccc1C)c1ccccc1n2C. The molecule has 0 saturated carbocycles. The van der Waals surface area contributed by atoms with Gasteiger partial charge in [0.25, 0.3) is 0 Å². The van der Waals surface area contributed by atoms with Gasteiger partial charge >= 0.3 is 0 Å². The topological polar surface area (TPSA) is 4.93 Å². The van der Waals surface area contributed by atoms with Crippen LogP contribution in [0.3, 0.4) is 0 Å². The number of para-hydroxylation sites is 1. The van der Waals surface area contributed by atoms with Crippen molar-refractivity contribution in [2.75, 3.05) is 0 Å². The van der Waals surface area contributed by atoms with Gasteiger partial charge in [-0.15, -0.1) is 0 Å². The summed E-state index contributed by atoms with van der Waals surface area (Å²) >= 11 is 0. The van der Waals surface area contributed by atoms with E-state index in [1.807, 2.05) is 13.8 Å². The van der Waals surface area contributed by atoms with Gasteiger partial charge in [0, 0.05) is 34.3 Å². The Morgan fingerprint density at radius 2 is 1.41 bits per heavy atom. The molecule has 192 valence electrons. The molecule has 1 nitrogen and oxygen atoms in total. The number of fused-ring (bicyclic) bond motifs is 3. The molecule has 37 heavy (non-hydrogen) atoms. The first-order valence-electron chi connectivity index (χ1n) is 14.1. The van der Waals surface area contributed by atoms with Gasteiger partial charge in [-0.1, -0.05) is 107 Å². The molecule has 1 heteroatoms. The first kappa shape index (κ1) is 26.7. The lowest BCUT2D eigenvalue weighted by Gasteiger charge is -2.37. The number of hydrogen-bond acceptors (Lipinski definition) is 0. The zero-order chi connectivity index (χ0) is 26.6. The number of nitrogens with zero attached hydrogens (tertiary/aromatic N) is 1. The van der Waals surface area contributed by atoms with Crippen LogP contribution in [0.2, 0.25) is 0 Å². The van der Waals surface area contributed by atoms with E-state index >= 15 is 0 Å². The van der Waals surface area contributed by atoms with E-state index in [1.54, 1.807) is 0 Å². The minimum absolute atomic E-state index is 0.0763. The van der Waals surface area contributed by atoms with Crippen LogP contribution in [0.4, 0.5) is 0 Å². The predicted molar refractivity (Wildman–Crippen MR) is 163 cm³/mol. The summed E-state index contributed by atoms with van der Waals surface area (Å²) in [6.45, 7) is 13.3. The second kappa shape index (κ2) is 11.4. The van der Waals surface area contributed by atoms with Crippen LogP contribution in [0.5, 0.6) is 0 Å². The fourth-order valence-corrected chi connectivity index (χ4v) is 6.16. The van der Waals surface area contributed by atoms with Crippen molar-refractivity contribution in [1.82, 2.24) is 4.57 Å². The van der Waals surface area contributed by atoms with Gasteiger partial charge in [-0.25, -0.2) is 0 Å². The van der Waals surface area contributed by atoms with E-state index in [0.717, 1.165) is 19.3 Å². The molecule has 0 N–H and O–H groups in total. The van der Waals surface area contributed by atoms with E-state index in [9.17, 15) is 0 Å². The average molecular weight is 490 g/mol. The van der Waals surface area contributed by atoms with Crippen molar-refractivity contribution in [1.29, 1.82) is 0 Å². The Labute approximate surface area is 224 Å². The number of rotatable bonds is 7. The summed E-state index contributed by atoms with van der Waals surface area (Å²) < 4.78 is 2.37. The summed E-state index contributed by atoms with van der Waals surface area (Å²) in [7, 11) is 2.21. The Kier molecular flexibility index (Phi) is 8.22. The molecule has 0 amide bonds. The zero-order valence-electron chi connectivity index (χ0n) is 23.8. The van der Waals surface area contributed by atoms with Crippen molar-refractivity contribution in [3.8, 4) is 0 Å². The molecule has 0 bridgehead atoms. The molecule has 0 radical (unpaired) electrons. The Bertz CT molecular complexity index is 1470. The molecule has 5 aromatic rings. The fourth-order valence-electron chi connectivity index (χ4n) is 6.16. The maximum absolute atomic E-state index is 2.52. The van der Waals surface area contributed by atoms with E-state index < -0.39 is 0 Å². The standard InChI is InChI=1S/C34H37N.C2H6/c1-6-24(3)29-22-33-30(28-18-12-14-20-32(28)35(33)5)21-26(29)23-34(7-2,27-16-9-8-10-17-27)31-19-13-11-15-25(31)4;1-2/h8-22,24H,6-7,23H2,1-5H3;1-2H3. The molecule has 0 aliphatic heterocycles. The van der Waals surface area contributed by atoms with Crippen LogP contribution in [-0.2, 0) is 18.9 Å². The Morgan fingerprint density at radius 1 is 0.757 bits per heavy atom. The van der Waals surface area contributed by atoms with Gasteiger partial charge in [0.15, 0.2) is 0 Å². The van der Waals surface area contributed by atoms with Crippen LogP contribution in [-0.4, -0.2) is 4.57 Å². The molecule has 2 atom stereocenters. The Morgan fingerprint density at radius 3 is 2.08 bits per heavy atom. The van der Waals surface area contributed by atoms with Crippen molar-refractivity contribution in [3.63, 3.8) is 0 Å². The third kappa shape index (κ3) is 4.73. The van der Waals surface area contributed by atoms with Gasteiger partial charge < -0.3 is 4.57 Å². The number of hydrogen-bond donors (Lipinski definition) is 0. The van der Waals surface area contributed by atoms with E-state index in [2.05, 4.69) is 130 Å². The summed E-state index contributed by atoms with van der Waals surface area (Å²) in [6.07, 6.45) is 3.18. The Hall–Kier alpha value is -3.32. The molecule has 0 spiro atoms. The van der Waals surface area contributed by atoms with Crippen LogP contribution in [0.25, 0.3) is 21.8 Å². The van der Waals surface area contributed by atoms with Crippen molar-refractivity contribution < 1.29 is 0 Å². The highest BCUT2D eigenvalue weighted by atomic mass is 14.9. The van der Waals surface area contributed by atoms with Crippen molar-refractivity contribution >= 4 is 21.8 Å². The summed E-state index contributed by atoms with van der Waals surface area (Å²) in [5.74, 6) is 0.509. The molecule has 5 rings (SSSR count). The summed E-state index contributed by atoms with van der Waals surface area (Å²) in [5, 5.41) is 2.72. The summed E-state index contributed by atoms with van der Waals surface area (Å²) in [6, 6.07) is 34.0. The van der Waals surface area contributed by atoms with Crippen LogP contribution < -0.4 is 0 Å². The van der Waals surface area contributed by atoms with Gasteiger partial charge in [-0.2, -0.15) is 0 Å². The van der Waals surface area contributed by atoms with Crippen LogP contribution in [0, 0.1) is 6.92 Å². The highest BCUT2D eigenvalue weighted by Gasteiger charge is 2.35. The predicted octanol–water partition coefficient (Wildman–Crippen LogP) is 10.1. The maximum Gasteiger partial charge on any atom is 0.0491 e. The average Bonchev–Trinajstić information content (AvgIpc) is 3.23. The molecule has 0 saturated heterocycles. The van der Waals surface area contributed by atoms with Gasteiger partial charge in [0.2, 0.25) is 0 Å². The molecule has 0 fully saturated rings. The molecular formula is C36H43N. The fraction of sp³-hybridized carbons (Fsp3) is 0.333. The first-order chi connectivity index (χ1) is 18.0. The minimum atomic E-state index is -0.0763. The number of aryl methyl sites for hydroxylation is 2. The molecule has 0 aliphatic carbocycles. The smallest absolute Gasteiger partial charge is 0.0491 e. The quantitative estimate of drug-likeness (QED) is 0.214. The third-order valence-corrected chi connectivity index (χ3v) is 8.40. The molecular weight excluding hydrogens is 446 g/mol. The second-order valence-corrected chi connectivity index (χ2v) is 10.2. The van der Waals surface area contributed by atoms with E-state index in [-0.39, 0.29) is 5.41 Å². The van der Waals surface area contributed by atoms with Crippen LogP contribution in [0.1, 0.15) is 81.2 Å².